The fourth-order valence-corrected chi connectivity index (χ4v) is 4.34. The van der Waals surface area contributed by atoms with Gasteiger partial charge in [0.25, 0.3) is 0 Å². The first-order chi connectivity index (χ1) is 13.1. The Morgan fingerprint density at radius 2 is 1.96 bits per heavy atom. The predicted molar refractivity (Wildman–Crippen MR) is 113 cm³/mol. The van der Waals surface area contributed by atoms with Crippen molar-refractivity contribution in [3.8, 4) is 5.75 Å². The van der Waals surface area contributed by atoms with E-state index in [1.165, 1.54) is 13.1 Å². The fraction of sp³-hybridized carbons (Fsp3) is 0.350. The molecule has 1 unspecified atom stereocenters. The van der Waals surface area contributed by atoms with Gasteiger partial charge in [0.2, 0.25) is 15.9 Å². The monoisotopic (exact) mass is 468 g/mol. The van der Waals surface area contributed by atoms with Crippen LogP contribution in [-0.2, 0) is 14.8 Å². The van der Waals surface area contributed by atoms with Crippen LogP contribution in [0.4, 0.5) is 0 Å². The summed E-state index contributed by atoms with van der Waals surface area (Å²) < 4.78 is 33.0. The number of ether oxygens (including phenoxy) is 1. The van der Waals surface area contributed by atoms with E-state index in [9.17, 15) is 13.2 Å². The Balaban J connectivity index is 2.07. The Kier molecular flexibility index (Phi) is 7.63. The minimum Gasteiger partial charge on any atom is -0.494 e. The van der Waals surface area contributed by atoms with Crippen molar-refractivity contribution in [1.29, 1.82) is 0 Å². The van der Waals surface area contributed by atoms with Crippen LogP contribution in [0.5, 0.6) is 5.75 Å². The van der Waals surface area contributed by atoms with E-state index in [-0.39, 0.29) is 23.4 Å². The van der Waals surface area contributed by atoms with E-state index in [2.05, 4.69) is 21.2 Å². The van der Waals surface area contributed by atoms with Crippen molar-refractivity contribution in [1.82, 2.24) is 9.62 Å². The first-order valence-corrected chi connectivity index (χ1v) is 11.1. The predicted octanol–water partition coefficient (Wildman–Crippen LogP) is 3.65. The zero-order valence-corrected chi connectivity index (χ0v) is 18.8. The Labute approximate surface area is 175 Å². The van der Waals surface area contributed by atoms with Crippen LogP contribution < -0.4 is 10.1 Å². The maximum absolute atomic E-state index is 12.8. The molecule has 1 N–H and O–H groups in total. The number of hydrogen-bond acceptors (Lipinski definition) is 4. The van der Waals surface area contributed by atoms with Gasteiger partial charge in [0.15, 0.2) is 0 Å². The standard InChI is InChI=1S/C20H25BrN2O4S/c1-5-27-19-10-9-18(11-14(19)2)28(25,26)23(4)13-20(24)22-15(3)16-7-6-8-17(21)12-16/h6-12,15H,5,13H2,1-4H3,(H,22,24). The topological polar surface area (TPSA) is 75.7 Å². The van der Waals surface area contributed by atoms with Crippen LogP contribution in [0.25, 0.3) is 0 Å². The second-order valence-electron chi connectivity index (χ2n) is 6.47. The maximum Gasteiger partial charge on any atom is 0.243 e. The minimum atomic E-state index is -3.79. The molecule has 0 radical (unpaired) electrons. The molecule has 28 heavy (non-hydrogen) atoms. The minimum absolute atomic E-state index is 0.129. The number of benzene rings is 2. The lowest BCUT2D eigenvalue weighted by molar-refractivity contribution is -0.121. The molecule has 2 rings (SSSR count). The van der Waals surface area contributed by atoms with Gasteiger partial charge in [-0.2, -0.15) is 4.31 Å². The molecule has 0 aromatic heterocycles. The van der Waals surface area contributed by atoms with E-state index in [0.717, 1.165) is 19.9 Å². The number of hydrogen-bond donors (Lipinski definition) is 1. The van der Waals surface area contributed by atoms with Gasteiger partial charge >= 0.3 is 0 Å². The molecule has 2 aromatic rings. The Bertz CT molecular complexity index is 947. The molecule has 1 atom stereocenters. The third-order valence-electron chi connectivity index (χ3n) is 4.25. The lowest BCUT2D eigenvalue weighted by atomic mass is 10.1. The van der Waals surface area contributed by atoms with Crippen molar-refractivity contribution >= 4 is 31.9 Å². The van der Waals surface area contributed by atoms with Gasteiger partial charge in [-0.3, -0.25) is 4.79 Å². The van der Waals surface area contributed by atoms with Crippen molar-refractivity contribution < 1.29 is 17.9 Å². The van der Waals surface area contributed by atoms with Crippen LogP contribution in [0.2, 0.25) is 0 Å². The summed E-state index contributed by atoms with van der Waals surface area (Å²) in [6.45, 7) is 5.74. The largest absolute Gasteiger partial charge is 0.494 e. The molecule has 0 bridgehead atoms. The highest BCUT2D eigenvalue weighted by Gasteiger charge is 2.24. The quantitative estimate of drug-likeness (QED) is 0.641. The first kappa shape index (κ1) is 22.4. The molecule has 0 fully saturated rings. The highest BCUT2D eigenvalue weighted by molar-refractivity contribution is 9.10. The SMILES string of the molecule is CCOc1ccc(S(=O)(=O)N(C)CC(=O)NC(C)c2cccc(Br)c2)cc1C. The number of carbonyl (C=O) groups is 1. The van der Waals surface area contributed by atoms with Gasteiger partial charge in [-0.15, -0.1) is 0 Å². The van der Waals surface area contributed by atoms with Crippen LogP contribution in [0.15, 0.2) is 51.8 Å². The van der Waals surface area contributed by atoms with Gasteiger partial charge in [-0.25, -0.2) is 8.42 Å². The van der Waals surface area contributed by atoms with Crippen molar-refractivity contribution in [3.05, 3.63) is 58.1 Å². The summed E-state index contributed by atoms with van der Waals surface area (Å²) in [7, 11) is -2.39. The average molecular weight is 469 g/mol. The molecular formula is C20H25BrN2O4S. The smallest absolute Gasteiger partial charge is 0.243 e. The number of amides is 1. The summed E-state index contributed by atoms with van der Waals surface area (Å²) in [4.78, 5) is 12.5. The summed E-state index contributed by atoms with van der Waals surface area (Å²) in [5.74, 6) is 0.269. The molecule has 0 spiro atoms. The van der Waals surface area contributed by atoms with Gasteiger partial charge in [0.05, 0.1) is 24.1 Å². The molecule has 8 heteroatoms. The molecule has 6 nitrogen and oxygen atoms in total. The van der Waals surface area contributed by atoms with Gasteiger partial charge < -0.3 is 10.1 Å². The Morgan fingerprint density at radius 3 is 2.57 bits per heavy atom. The summed E-state index contributed by atoms with van der Waals surface area (Å²) in [6.07, 6.45) is 0. The summed E-state index contributed by atoms with van der Waals surface area (Å²) in [5.41, 5.74) is 1.65. The van der Waals surface area contributed by atoms with E-state index in [4.69, 9.17) is 4.74 Å². The molecule has 152 valence electrons. The molecule has 2 aromatic carbocycles. The zero-order chi connectivity index (χ0) is 20.9. The van der Waals surface area contributed by atoms with E-state index in [0.29, 0.717) is 12.4 Å². The van der Waals surface area contributed by atoms with E-state index < -0.39 is 10.0 Å². The van der Waals surface area contributed by atoms with Crippen molar-refractivity contribution in [2.75, 3.05) is 20.2 Å². The molecule has 0 saturated carbocycles. The molecule has 0 saturated heterocycles. The fourth-order valence-electron chi connectivity index (χ4n) is 2.71. The number of rotatable bonds is 8. The molecule has 0 aliphatic carbocycles. The highest BCUT2D eigenvalue weighted by Crippen LogP contribution is 2.24. The lowest BCUT2D eigenvalue weighted by Gasteiger charge is -2.20. The highest BCUT2D eigenvalue weighted by atomic mass is 79.9. The Morgan fingerprint density at radius 1 is 1.25 bits per heavy atom. The molecular weight excluding hydrogens is 444 g/mol. The zero-order valence-electron chi connectivity index (χ0n) is 16.4. The first-order valence-electron chi connectivity index (χ1n) is 8.89. The van der Waals surface area contributed by atoms with Crippen LogP contribution >= 0.6 is 15.9 Å². The van der Waals surface area contributed by atoms with Gasteiger partial charge in [-0.1, -0.05) is 28.1 Å². The van der Waals surface area contributed by atoms with E-state index in [1.54, 1.807) is 19.1 Å². The molecule has 0 aliphatic heterocycles. The van der Waals surface area contributed by atoms with Crippen LogP contribution in [0.1, 0.15) is 31.0 Å². The summed E-state index contributed by atoms with van der Waals surface area (Å²) in [6, 6.07) is 12.0. The van der Waals surface area contributed by atoms with Gasteiger partial charge in [0, 0.05) is 11.5 Å². The number of aryl methyl sites for hydroxylation is 1. The number of likely N-dealkylation sites (N-methyl/N-ethyl adjacent to an activating group) is 1. The molecule has 0 aliphatic rings. The third-order valence-corrected chi connectivity index (χ3v) is 6.54. The summed E-state index contributed by atoms with van der Waals surface area (Å²) in [5, 5.41) is 2.83. The van der Waals surface area contributed by atoms with Crippen molar-refractivity contribution in [2.45, 2.75) is 31.7 Å². The van der Waals surface area contributed by atoms with E-state index >= 15 is 0 Å². The second-order valence-corrected chi connectivity index (χ2v) is 9.43. The van der Waals surface area contributed by atoms with Gasteiger partial charge in [0.1, 0.15) is 5.75 Å². The average Bonchev–Trinajstić information content (AvgIpc) is 2.63. The number of carbonyl (C=O) groups excluding carboxylic acids is 1. The molecule has 1 amide bonds. The normalized spacial score (nSPS) is 12.6. The molecule has 0 heterocycles. The third kappa shape index (κ3) is 5.56. The van der Waals surface area contributed by atoms with Crippen LogP contribution in [0, 0.1) is 6.92 Å². The number of nitrogens with zero attached hydrogens (tertiary/aromatic N) is 1. The van der Waals surface area contributed by atoms with Gasteiger partial charge in [-0.05, 0) is 62.2 Å². The van der Waals surface area contributed by atoms with Crippen LogP contribution in [0.3, 0.4) is 0 Å². The number of nitrogens with one attached hydrogen (secondary N) is 1. The lowest BCUT2D eigenvalue weighted by Crippen LogP contribution is -2.39. The van der Waals surface area contributed by atoms with E-state index in [1.807, 2.05) is 38.1 Å². The van der Waals surface area contributed by atoms with Crippen molar-refractivity contribution in [2.24, 2.45) is 0 Å². The maximum atomic E-state index is 12.8. The second kappa shape index (κ2) is 9.54. The Hall–Kier alpha value is -1.90. The number of sulfonamides is 1. The van der Waals surface area contributed by atoms with Crippen molar-refractivity contribution in [3.63, 3.8) is 0 Å². The number of halogens is 1. The summed E-state index contributed by atoms with van der Waals surface area (Å²) >= 11 is 3.40. The van der Waals surface area contributed by atoms with Crippen LogP contribution in [-0.4, -0.2) is 38.8 Å².